The van der Waals surface area contributed by atoms with Crippen molar-refractivity contribution in [3.63, 3.8) is 0 Å². The first kappa shape index (κ1) is 48.9. The number of fused-ring (bicyclic) bond motifs is 5. The molecular weight excluding hydrogens is 861 g/mol. The summed E-state index contributed by atoms with van der Waals surface area (Å²) in [6, 6.07) is 7.47. The molecule has 18 heteroatoms. The maximum absolute atomic E-state index is 13.5. The average molecular weight is 919 g/mol. The summed E-state index contributed by atoms with van der Waals surface area (Å²) in [6.07, 6.45) is 10.3. The summed E-state index contributed by atoms with van der Waals surface area (Å²) < 4.78 is 5.39. The molecule has 7 atom stereocenters. The Kier molecular flexibility index (Phi) is 16.9. The monoisotopic (exact) mass is 917 g/mol. The fourth-order valence-corrected chi connectivity index (χ4v) is 10.7. The standard InChI is InChI=1S/C35H45Cl2NO6.C9H13ClN6O2/c1-33-14-12-26(39)20-24(33)8-11-27-28-13-15-35(43,34(28,2)21-29(40)32(27)33)30(41)22-44-31(42)5-3-4-23-6-9-25(10-7-23)38(18-16-36)19-17-37;1-6-12-4-7(8(11)14-6)5-13-9(17)16(15-18)3-2-10/h6-7,9-10,12,14,20,27-29,32,40,43H,3-5,8,11,13,15-19,21-22H2,1-2H3;4H,2-3,5H2,1H3,(H,13,17)(H2,11,12,14)/t27-,28-,29-,32+,33-,34-,35-;/m0./s1. The first-order chi connectivity index (χ1) is 29.5. The van der Waals surface area contributed by atoms with Gasteiger partial charge in [-0.2, -0.15) is 5.01 Å². The Bertz CT molecular complexity index is 2000. The number of nitrogen functional groups attached to an aromatic ring is 1. The van der Waals surface area contributed by atoms with Gasteiger partial charge in [0.15, 0.2) is 12.4 Å². The average Bonchev–Trinajstić information content (AvgIpc) is 3.52. The van der Waals surface area contributed by atoms with Crippen molar-refractivity contribution in [2.75, 3.05) is 54.5 Å². The summed E-state index contributed by atoms with van der Waals surface area (Å²) in [5.74, 6) is 1.11. The molecule has 0 spiro atoms. The van der Waals surface area contributed by atoms with Crippen molar-refractivity contribution < 1.29 is 34.1 Å². The van der Waals surface area contributed by atoms with Crippen molar-refractivity contribution in [3.05, 3.63) is 76.1 Å². The zero-order valence-electron chi connectivity index (χ0n) is 35.5. The number of allylic oxidation sites excluding steroid dienone is 4. The van der Waals surface area contributed by atoms with Crippen LogP contribution >= 0.6 is 34.8 Å². The molecule has 338 valence electrons. The van der Waals surface area contributed by atoms with Gasteiger partial charge in [-0.3, -0.25) is 14.4 Å². The number of nitroso groups, excluding NO2 is 1. The number of esters is 1. The van der Waals surface area contributed by atoms with Crippen molar-refractivity contribution in [1.29, 1.82) is 0 Å². The molecule has 0 bridgehead atoms. The van der Waals surface area contributed by atoms with Crippen LogP contribution < -0.4 is 16.0 Å². The third-order valence-electron chi connectivity index (χ3n) is 13.4. The second-order valence-corrected chi connectivity index (χ2v) is 18.1. The molecule has 6 rings (SSSR count). The van der Waals surface area contributed by atoms with Crippen molar-refractivity contribution in [3.8, 4) is 0 Å². The molecule has 0 unspecified atom stereocenters. The molecule has 0 saturated heterocycles. The number of aryl methyl sites for hydroxylation is 2. The summed E-state index contributed by atoms with van der Waals surface area (Å²) in [6.45, 7) is 6.84. The lowest BCUT2D eigenvalue weighted by Crippen LogP contribution is -2.61. The Morgan fingerprint density at radius 1 is 1.06 bits per heavy atom. The minimum Gasteiger partial charge on any atom is -0.458 e. The molecule has 0 radical (unpaired) electrons. The van der Waals surface area contributed by atoms with Crippen LogP contribution in [0.25, 0.3) is 0 Å². The van der Waals surface area contributed by atoms with Gasteiger partial charge < -0.3 is 30.9 Å². The predicted molar refractivity (Wildman–Crippen MR) is 239 cm³/mol. The Morgan fingerprint density at radius 2 is 1.76 bits per heavy atom. The number of nitrogens with two attached hydrogens (primary N) is 1. The third kappa shape index (κ3) is 10.8. The smallest absolute Gasteiger partial charge is 0.340 e. The van der Waals surface area contributed by atoms with E-state index in [-0.39, 0.29) is 67.6 Å². The molecule has 2 aromatic rings. The molecular formula is C44H58Cl3N7O8. The second-order valence-electron chi connectivity index (χ2n) is 17.0. The Hall–Kier alpha value is -4.15. The number of ether oxygens (including phenoxy) is 1. The van der Waals surface area contributed by atoms with E-state index in [2.05, 4.69) is 32.4 Å². The number of rotatable bonds is 17. The van der Waals surface area contributed by atoms with E-state index < -0.39 is 46.9 Å². The zero-order chi connectivity index (χ0) is 45.2. The largest absolute Gasteiger partial charge is 0.458 e. The van der Waals surface area contributed by atoms with Crippen LogP contribution in [0, 0.1) is 40.4 Å². The number of amides is 2. The Labute approximate surface area is 377 Å². The van der Waals surface area contributed by atoms with Crippen LogP contribution in [0.15, 0.2) is 59.5 Å². The van der Waals surface area contributed by atoms with E-state index in [4.69, 9.17) is 45.3 Å². The Morgan fingerprint density at radius 3 is 2.40 bits per heavy atom. The van der Waals surface area contributed by atoms with Crippen LogP contribution in [0.4, 0.5) is 16.3 Å². The summed E-state index contributed by atoms with van der Waals surface area (Å²) >= 11 is 17.2. The fraction of sp³-hybridized carbons (Fsp3) is 0.591. The number of carbonyl (C=O) groups is 4. The van der Waals surface area contributed by atoms with Gasteiger partial charge in [-0.25, -0.2) is 14.8 Å². The van der Waals surface area contributed by atoms with Gasteiger partial charge in [-0.05, 0) is 93.6 Å². The number of ketones is 2. The molecule has 15 nitrogen and oxygen atoms in total. The van der Waals surface area contributed by atoms with Crippen molar-refractivity contribution in [1.82, 2.24) is 20.3 Å². The van der Waals surface area contributed by atoms with E-state index in [9.17, 15) is 34.3 Å². The number of hydrogen-bond acceptors (Lipinski definition) is 13. The third-order valence-corrected chi connectivity index (χ3v) is 13.9. The normalized spacial score (nSPS) is 27.0. The summed E-state index contributed by atoms with van der Waals surface area (Å²) in [4.78, 5) is 70.0. The molecule has 1 aromatic heterocycles. The van der Waals surface area contributed by atoms with E-state index >= 15 is 0 Å². The molecule has 2 amide bonds. The van der Waals surface area contributed by atoms with Gasteiger partial charge in [-0.15, -0.1) is 39.7 Å². The number of aromatic nitrogens is 2. The number of aliphatic hydroxyl groups excluding tert-OH is 1. The van der Waals surface area contributed by atoms with E-state index in [1.807, 2.05) is 37.3 Å². The minimum absolute atomic E-state index is 0.0103. The van der Waals surface area contributed by atoms with Crippen LogP contribution in [-0.2, 0) is 32.1 Å². The van der Waals surface area contributed by atoms with Gasteiger partial charge in [0.1, 0.15) is 17.2 Å². The predicted octanol–water partition coefficient (Wildman–Crippen LogP) is 6.21. The van der Waals surface area contributed by atoms with E-state index in [0.29, 0.717) is 60.5 Å². The van der Waals surface area contributed by atoms with Crippen molar-refractivity contribution in [2.45, 2.75) is 90.4 Å². The first-order valence-electron chi connectivity index (χ1n) is 21.1. The van der Waals surface area contributed by atoms with Crippen LogP contribution in [-0.4, -0.2) is 104 Å². The first-order valence-corrected chi connectivity index (χ1v) is 22.7. The van der Waals surface area contributed by atoms with Gasteiger partial charge in [0.25, 0.3) is 0 Å². The highest BCUT2D eigenvalue weighted by Gasteiger charge is 2.68. The molecule has 0 aliphatic heterocycles. The quantitative estimate of drug-likeness (QED) is 0.0603. The van der Waals surface area contributed by atoms with E-state index in [0.717, 1.165) is 29.7 Å². The maximum atomic E-state index is 13.5. The van der Waals surface area contributed by atoms with Gasteiger partial charge in [0.05, 0.1) is 17.9 Å². The maximum Gasteiger partial charge on any atom is 0.340 e. The molecule has 62 heavy (non-hydrogen) atoms. The van der Waals surface area contributed by atoms with E-state index in [1.54, 1.807) is 19.1 Å². The molecule has 3 fully saturated rings. The van der Waals surface area contributed by atoms with Crippen LogP contribution in [0.2, 0.25) is 0 Å². The molecule has 4 aliphatic carbocycles. The number of nitrogens with zero attached hydrogens (tertiary/aromatic N) is 5. The van der Waals surface area contributed by atoms with Gasteiger partial charge in [0.2, 0.25) is 5.78 Å². The number of benzene rings is 1. The molecule has 1 heterocycles. The fourth-order valence-electron chi connectivity index (χ4n) is 10.2. The second kappa shape index (κ2) is 21.5. The van der Waals surface area contributed by atoms with Crippen LogP contribution in [0.3, 0.4) is 0 Å². The van der Waals surface area contributed by atoms with Crippen molar-refractivity contribution in [2.24, 2.45) is 33.9 Å². The summed E-state index contributed by atoms with van der Waals surface area (Å²) in [5, 5.41) is 29.1. The molecule has 5 N–H and O–H groups in total. The van der Waals surface area contributed by atoms with Gasteiger partial charge >= 0.3 is 12.0 Å². The van der Waals surface area contributed by atoms with Crippen LogP contribution in [0.1, 0.15) is 75.7 Å². The number of halogens is 3. The SMILES string of the molecule is C[C@]12C=CC(=O)C=C1CC[C@@H]1[C@@H]2[C@@H](O)C[C@@]2(C)[C@H]1CC[C@]2(O)C(=O)COC(=O)CCCc1ccc(N(CCCl)CCCl)cc1.Cc1ncc(CNC(=O)N(CCCl)N=O)c(N)n1. The Balaban J connectivity index is 0.000000338. The van der Waals surface area contributed by atoms with E-state index in [1.165, 1.54) is 6.20 Å². The number of hydrogen-bond donors (Lipinski definition) is 4. The molecule has 3 saturated carbocycles. The number of nitrogens with one attached hydrogen (secondary N) is 1. The zero-order valence-corrected chi connectivity index (χ0v) is 37.8. The van der Waals surface area contributed by atoms with Crippen LogP contribution in [0.5, 0.6) is 0 Å². The summed E-state index contributed by atoms with van der Waals surface area (Å²) in [5.41, 5.74) is 6.53. The highest BCUT2D eigenvalue weighted by molar-refractivity contribution is 6.18. The number of Topliss-reactive ketones (excluding diaryl/α,β-unsaturated/α-hetero) is 1. The highest BCUT2D eigenvalue weighted by atomic mass is 35.5. The van der Waals surface area contributed by atoms with Gasteiger partial charge in [-0.1, -0.05) is 37.6 Å². The van der Waals surface area contributed by atoms with Crippen molar-refractivity contribution >= 4 is 69.9 Å². The minimum atomic E-state index is -1.66. The number of aliphatic hydroxyl groups is 2. The molecule has 4 aliphatic rings. The topological polar surface area (TPSA) is 218 Å². The lowest BCUT2D eigenvalue weighted by Gasteiger charge is -2.59. The molecule has 1 aromatic carbocycles. The number of carbonyl (C=O) groups excluding carboxylic acids is 4. The highest BCUT2D eigenvalue weighted by Crippen LogP contribution is 2.67. The van der Waals surface area contributed by atoms with Gasteiger partial charge in [0, 0.05) is 77.9 Å². The summed E-state index contributed by atoms with van der Waals surface area (Å²) in [7, 11) is 0. The number of anilines is 2. The lowest BCUT2D eigenvalue weighted by molar-refractivity contribution is -0.181. The number of urea groups is 1. The lowest BCUT2D eigenvalue weighted by atomic mass is 9.46. The number of alkyl halides is 3.